The molecule has 1 aromatic rings. The van der Waals surface area contributed by atoms with E-state index in [0.717, 1.165) is 31.4 Å². The normalized spacial score (nSPS) is 28.3. The first-order valence-electron chi connectivity index (χ1n) is 5.98. The Morgan fingerprint density at radius 3 is 2.42 bits per heavy atom. The Morgan fingerprint density at radius 2 is 1.95 bits per heavy atom. The molecule has 4 rings (SSSR count). The van der Waals surface area contributed by atoms with Crippen LogP contribution in [0.3, 0.4) is 0 Å². The maximum Gasteiger partial charge on any atom is 0.416 e. The molecule has 1 amide bonds. The van der Waals surface area contributed by atoms with Crippen molar-refractivity contribution in [1.29, 1.82) is 0 Å². The van der Waals surface area contributed by atoms with Crippen molar-refractivity contribution in [2.45, 2.75) is 31.0 Å². The quantitative estimate of drug-likeness (QED) is 0.780. The summed E-state index contributed by atoms with van der Waals surface area (Å²) in [7, 11) is 0. The van der Waals surface area contributed by atoms with Crippen LogP contribution in [-0.2, 0) is 6.18 Å². The highest BCUT2D eigenvalue weighted by molar-refractivity contribution is 14.1. The van der Waals surface area contributed by atoms with E-state index >= 15 is 0 Å². The summed E-state index contributed by atoms with van der Waals surface area (Å²) in [6.07, 6.45) is -1.52. The van der Waals surface area contributed by atoms with Gasteiger partial charge in [0.05, 0.1) is 11.1 Å². The lowest BCUT2D eigenvalue weighted by Crippen LogP contribution is -2.68. The summed E-state index contributed by atoms with van der Waals surface area (Å²) in [6.45, 7) is 0. The third-order valence-corrected chi connectivity index (χ3v) is 4.90. The summed E-state index contributed by atoms with van der Waals surface area (Å²) in [5.41, 5.74) is -0.796. The van der Waals surface area contributed by atoms with Gasteiger partial charge in [-0.3, -0.25) is 4.79 Å². The second-order valence-electron chi connectivity index (χ2n) is 5.41. The molecule has 3 saturated carbocycles. The number of nitrogens with one attached hydrogen (secondary N) is 1. The minimum atomic E-state index is -4.42. The molecular formula is C13H11F3INO. The highest BCUT2D eigenvalue weighted by Crippen LogP contribution is 2.57. The zero-order valence-corrected chi connectivity index (χ0v) is 12.0. The van der Waals surface area contributed by atoms with Gasteiger partial charge in [0, 0.05) is 9.11 Å². The Morgan fingerprint density at radius 1 is 1.32 bits per heavy atom. The van der Waals surface area contributed by atoms with Crippen LogP contribution < -0.4 is 5.32 Å². The molecule has 0 saturated heterocycles. The number of amides is 1. The van der Waals surface area contributed by atoms with Gasteiger partial charge in [0.15, 0.2) is 0 Å². The van der Waals surface area contributed by atoms with Crippen molar-refractivity contribution in [3.05, 3.63) is 32.9 Å². The third kappa shape index (κ3) is 2.23. The van der Waals surface area contributed by atoms with Crippen LogP contribution in [0.25, 0.3) is 0 Å². The minimum absolute atomic E-state index is 0.111. The first-order chi connectivity index (χ1) is 8.79. The molecule has 0 unspecified atom stereocenters. The molecule has 2 nitrogen and oxygen atoms in total. The molecule has 102 valence electrons. The fraction of sp³-hybridized carbons (Fsp3) is 0.462. The molecule has 19 heavy (non-hydrogen) atoms. The lowest BCUT2D eigenvalue weighted by molar-refractivity contribution is -0.137. The molecule has 3 aliphatic carbocycles. The van der Waals surface area contributed by atoms with Gasteiger partial charge in [-0.2, -0.15) is 13.2 Å². The number of alkyl halides is 3. The monoisotopic (exact) mass is 381 g/mol. The second kappa shape index (κ2) is 4.10. The average Bonchev–Trinajstić information content (AvgIpc) is 2.20. The lowest BCUT2D eigenvalue weighted by Gasteiger charge is -2.61. The molecule has 0 aliphatic heterocycles. The zero-order chi connectivity index (χ0) is 13.8. The maximum absolute atomic E-state index is 12.7. The van der Waals surface area contributed by atoms with Crippen molar-refractivity contribution in [2.75, 3.05) is 0 Å². The summed E-state index contributed by atoms with van der Waals surface area (Å²) in [5, 5.41) is 2.88. The van der Waals surface area contributed by atoms with Crippen LogP contribution >= 0.6 is 22.6 Å². The van der Waals surface area contributed by atoms with Gasteiger partial charge in [-0.1, -0.05) is 0 Å². The van der Waals surface area contributed by atoms with E-state index in [4.69, 9.17) is 0 Å². The van der Waals surface area contributed by atoms with Gasteiger partial charge in [0.1, 0.15) is 0 Å². The molecule has 3 fully saturated rings. The maximum atomic E-state index is 12.7. The Labute approximate surface area is 121 Å². The van der Waals surface area contributed by atoms with E-state index in [2.05, 4.69) is 5.32 Å². The van der Waals surface area contributed by atoms with Crippen molar-refractivity contribution in [2.24, 2.45) is 5.92 Å². The van der Waals surface area contributed by atoms with Gasteiger partial charge >= 0.3 is 6.18 Å². The van der Waals surface area contributed by atoms with E-state index in [9.17, 15) is 18.0 Å². The summed E-state index contributed by atoms with van der Waals surface area (Å²) in [4.78, 5) is 12.1. The fourth-order valence-electron chi connectivity index (χ4n) is 2.82. The predicted molar refractivity (Wildman–Crippen MR) is 71.7 cm³/mol. The number of rotatable bonds is 2. The number of carbonyl (C=O) groups excluding carboxylic acids is 1. The van der Waals surface area contributed by atoms with Crippen LogP contribution in [0.2, 0.25) is 0 Å². The van der Waals surface area contributed by atoms with E-state index in [-0.39, 0.29) is 11.1 Å². The van der Waals surface area contributed by atoms with Crippen LogP contribution in [0, 0.1) is 9.49 Å². The smallest absolute Gasteiger partial charge is 0.347 e. The lowest BCUT2D eigenvalue weighted by atomic mass is 9.50. The summed E-state index contributed by atoms with van der Waals surface area (Å²) < 4.78 is 38.5. The van der Waals surface area contributed by atoms with Gasteiger partial charge in [-0.15, -0.1) is 0 Å². The average molecular weight is 381 g/mol. The van der Waals surface area contributed by atoms with E-state index in [1.807, 2.05) is 22.6 Å². The minimum Gasteiger partial charge on any atom is -0.347 e. The largest absolute Gasteiger partial charge is 0.416 e. The topological polar surface area (TPSA) is 29.1 Å². The SMILES string of the molecule is O=C(NC12CC(C1)C2)c1cc(C(F)(F)F)ccc1I. The second-order valence-corrected chi connectivity index (χ2v) is 6.57. The van der Waals surface area contributed by atoms with Gasteiger partial charge in [0.2, 0.25) is 0 Å². The highest BCUT2D eigenvalue weighted by atomic mass is 127. The Balaban J connectivity index is 1.84. The van der Waals surface area contributed by atoms with Gasteiger partial charge in [0.25, 0.3) is 5.91 Å². The molecule has 2 bridgehead atoms. The van der Waals surface area contributed by atoms with E-state index < -0.39 is 17.6 Å². The molecule has 0 atom stereocenters. The first-order valence-corrected chi connectivity index (χ1v) is 7.06. The molecule has 0 radical (unpaired) electrons. The molecule has 0 aromatic heterocycles. The first kappa shape index (κ1) is 13.2. The standard InChI is InChI=1S/C13H11F3INO/c14-13(15,16)8-1-2-10(17)9(3-8)11(19)18-12-4-7(5-12)6-12/h1-3,7H,4-6H2,(H,18,19). The molecule has 1 N–H and O–H groups in total. The Kier molecular flexibility index (Phi) is 2.85. The summed E-state index contributed by atoms with van der Waals surface area (Å²) >= 11 is 1.89. The number of carbonyl (C=O) groups is 1. The number of hydrogen-bond acceptors (Lipinski definition) is 1. The molecule has 6 heteroatoms. The van der Waals surface area contributed by atoms with E-state index in [1.54, 1.807) is 0 Å². The van der Waals surface area contributed by atoms with E-state index in [1.165, 1.54) is 6.07 Å². The van der Waals surface area contributed by atoms with Crippen molar-refractivity contribution in [3.8, 4) is 0 Å². The Hall–Kier alpha value is -0.790. The number of halogens is 4. The third-order valence-electron chi connectivity index (χ3n) is 3.96. The van der Waals surface area contributed by atoms with Crippen LogP contribution in [0.4, 0.5) is 13.2 Å². The van der Waals surface area contributed by atoms with Crippen molar-refractivity contribution >= 4 is 28.5 Å². The van der Waals surface area contributed by atoms with Crippen LogP contribution in [-0.4, -0.2) is 11.4 Å². The Bertz CT molecular complexity index is 538. The van der Waals surface area contributed by atoms with Crippen LogP contribution in [0.15, 0.2) is 18.2 Å². The van der Waals surface area contributed by atoms with Gasteiger partial charge < -0.3 is 5.32 Å². The van der Waals surface area contributed by atoms with Gasteiger partial charge in [-0.05, 0) is 66.0 Å². The molecule has 3 aliphatic rings. The zero-order valence-electron chi connectivity index (χ0n) is 9.85. The molecule has 0 heterocycles. The summed E-state index contributed by atoms with van der Waals surface area (Å²) in [6, 6.07) is 3.27. The number of hydrogen-bond donors (Lipinski definition) is 1. The fourth-order valence-corrected chi connectivity index (χ4v) is 3.40. The van der Waals surface area contributed by atoms with Crippen molar-refractivity contribution < 1.29 is 18.0 Å². The summed E-state index contributed by atoms with van der Waals surface area (Å²) in [5.74, 6) is 0.314. The van der Waals surface area contributed by atoms with Crippen LogP contribution in [0.5, 0.6) is 0 Å². The molecular weight excluding hydrogens is 370 g/mol. The van der Waals surface area contributed by atoms with Crippen LogP contribution in [0.1, 0.15) is 35.2 Å². The van der Waals surface area contributed by atoms with Gasteiger partial charge in [-0.25, -0.2) is 0 Å². The highest BCUT2D eigenvalue weighted by Gasteiger charge is 2.57. The molecule has 0 spiro atoms. The molecule has 1 aromatic carbocycles. The van der Waals surface area contributed by atoms with E-state index in [0.29, 0.717) is 9.49 Å². The van der Waals surface area contributed by atoms with Crippen molar-refractivity contribution in [3.63, 3.8) is 0 Å². The predicted octanol–water partition coefficient (Wildman–Crippen LogP) is 3.59. The van der Waals surface area contributed by atoms with Crippen molar-refractivity contribution in [1.82, 2.24) is 5.32 Å². The number of benzene rings is 1.